The van der Waals surface area contributed by atoms with E-state index in [1.807, 2.05) is 0 Å². The molecule has 0 bridgehead atoms. The molecule has 1 saturated heterocycles. The van der Waals surface area contributed by atoms with Crippen LogP contribution in [0.5, 0.6) is 0 Å². The second-order valence-corrected chi connectivity index (χ2v) is 6.89. The lowest BCUT2D eigenvalue weighted by Crippen LogP contribution is -2.46. The fourth-order valence-corrected chi connectivity index (χ4v) is 3.75. The Labute approximate surface area is 119 Å². The molecule has 0 amide bonds. The Kier molecular flexibility index (Phi) is 4.24. The van der Waals surface area contributed by atoms with Crippen LogP contribution in [-0.4, -0.2) is 50.0 Å². The van der Waals surface area contributed by atoms with Crippen LogP contribution in [0.2, 0.25) is 0 Å². The predicted octanol–water partition coefficient (Wildman–Crippen LogP) is 0.741. The van der Waals surface area contributed by atoms with Gasteiger partial charge in [0.1, 0.15) is 0 Å². The van der Waals surface area contributed by atoms with Gasteiger partial charge in [-0.1, -0.05) is 0 Å². The molecular formula is C11H13BrN2O4S. The minimum absolute atomic E-state index is 0.00926. The Morgan fingerprint density at radius 3 is 2.53 bits per heavy atom. The zero-order valence-electron chi connectivity index (χ0n) is 9.97. The van der Waals surface area contributed by atoms with Crippen molar-refractivity contribution in [3.8, 4) is 0 Å². The van der Waals surface area contributed by atoms with Gasteiger partial charge < -0.3 is 10.4 Å². The van der Waals surface area contributed by atoms with Gasteiger partial charge in [-0.15, -0.1) is 0 Å². The lowest BCUT2D eigenvalue weighted by atomic mass is 10.2. The molecule has 0 aliphatic carbocycles. The van der Waals surface area contributed by atoms with E-state index in [1.165, 1.54) is 22.5 Å². The second-order valence-electron chi connectivity index (χ2n) is 4.10. The van der Waals surface area contributed by atoms with Crippen molar-refractivity contribution in [1.82, 2.24) is 9.62 Å². The van der Waals surface area contributed by atoms with Crippen molar-refractivity contribution in [3.05, 3.63) is 28.2 Å². The maximum atomic E-state index is 12.4. The molecule has 1 fully saturated rings. The Morgan fingerprint density at radius 2 is 1.95 bits per heavy atom. The van der Waals surface area contributed by atoms with Crippen molar-refractivity contribution in [2.24, 2.45) is 0 Å². The van der Waals surface area contributed by atoms with E-state index in [0.717, 1.165) is 0 Å². The monoisotopic (exact) mass is 348 g/mol. The number of sulfonamides is 1. The Balaban J connectivity index is 2.40. The summed E-state index contributed by atoms with van der Waals surface area (Å²) in [7, 11) is -3.63. The van der Waals surface area contributed by atoms with E-state index in [0.29, 0.717) is 30.7 Å². The normalized spacial score (nSPS) is 17.3. The summed E-state index contributed by atoms with van der Waals surface area (Å²) in [5, 5.41) is 12.1. The van der Waals surface area contributed by atoms with E-state index < -0.39 is 16.0 Å². The standard InChI is InChI=1S/C11H13BrN2O4S/c12-10-2-1-8(7-9(10)11(15)16)19(17,18)14-5-3-13-4-6-14/h1-2,7,13H,3-6H2,(H,15,16). The number of benzene rings is 1. The van der Waals surface area contributed by atoms with Crippen molar-refractivity contribution in [1.29, 1.82) is 0 Å². The first-order valence-electron chi connectivity index (χ1n) is 5.66. The number of carbonyl (C=O) groups is 1. The summed E-state index contributed by atoms with van der Waals surface area (Å²) in [6, 6.07) is 4.04. The van der Waals surface area contributed by atoms with Crippen LogP contribution in [0.15, 0.2) is 27.6 Å². The van der Waals surface area contributed by atoms with E-state index in [-0.39, 0.29) is 10.5 Å². The fourth-order valence-electron chi connectivity index (χ4n) is 1.86. The highest BCUT2D eigenvalue weighted by molar-refractivity contribution is 9.10. The molecule has 0 atom stereocenters. The third-order valence-electron chi connectivity index (χ3n) is 2.88. The number of hydrogen-bond acceptors (Lipinski definition) is 4. The molecule has 1 aromatic rings. The van der Waals surface area contributed by atoms with Gasteiger partial charge in [-0.3, -0.25) is 0 Å². The second kappa shape index (κ2) is 5.58. The van der Waals surface area contributed by atoms with Crippen LogP contribution in [0.3, 0.4) is 0 Å². The first-order valence-corrected chi connectivity index (χ1v) is 7.90. The molecule has 0 unspecified atom stereocenters. The quantitative estimate of drug-likeness (QED) is 0.841. The predicted molar refractivity (Wildman–Crippen MR) is 72.7 cm³/mol. The van der Waals surface area contributed by atoms with Gasteiger partial charge >= 0.3 is 5.97 Å². The molecule has 1 aliphatic rings. The van der Waals surface area contributed by atoms with Crippen LogP contribution in [-0.2, 0) is 10.0 Å². The molecule has 2 rings (SSSR count). The Morgan fingerprint density at radius 1 is 1.32 bits per heavy atom. The molecule has 0 radical (unpaired) electrons. The molecule has 1 heterocycles. The summed E-state index contributed by atoms with van der Waals surface area (Å²) in [4.78, 5) is 11.0. The van der Waals surface area contributed by atoms with Crippen LogP contribution in [0.4, 0.5) is 0 Å². The number of carboxylic acid groups (broad SMARTS) is 1. The Bertz CT molecular complexity index is 597. The van der Waals surface area contributed by atoms with Crippen molar-refractivity contribution in [3.63, 3.8) is 0 Å². The molecule has 0 spiro atoms. The summed E-state index contributed by atoms with van der Waals surface area (Å²) in [5.74, 6) is -1.16. The highest BCUT2D eigenvalue weighted by Gasteiger charge is 2.26. The molecule has 6 nitrogen and oxygen atoms in total. The van der Waals surface area contributed by atoms with Crippen molar-refractivity contribution >= 4 is 31.9 Å². The number of hydrogen-bond donors (Lipinski definition) is 2. The summed E-state index contributed by atoms with van der Waals surface area (Å²) < 4.78 is 26.4. The van der Waals surface area contributed by atoms with Gasteiger partial charge in [-0.25, -0.2) is 13.2 Å². The highest BCUT2D eigenvalue weighted by Crippen LogP contribution is 2.23. The van der Waals surface area contributed by atoms with Crippen LogP contribution in [0.1, 0.15) is 10.4 Å². The van der Waals surface area contributed by atoms with Crippen molar-refractivity contribution < 1.29 is 18.3 Å². The van der Waals surface area contributed by atoms with E-state index >= 15 is 0 Å². The van der Waals surface area contributed by atoms with Gasteiger partial charge in [0, 0.05) is 30.7 Å². The average molecular weight is 349 g/mol. The molecular weight excluding hydrogens is 336 g/mol. The molecule has 1 aliphatic heterocycles. The molecule has 19 heavy (non-hydrogen) atoms. The first-order chi connectivity index (χ1) is 8.93. The van der Waals surface area contributed by atoms with Crippen LogP contribution >= 0.6 is 15.9 Å². The minimum atomic E-state index is -3.63. The van der Waals surface area contributed by atoms with Gasteiger partial charge in [-0.05, 0) is 34.1 Å². The zero-order valence-corrected chi connectivity index (χ0v) is 12.4. The maximum absolute atomic E-state index is 12.4. The van der Waals surface area contributed by atoms with Gasteiger partial charge in [0.15, 0.2) is 0 Å². The van der Waals surface area contributed by atoms with Gasteiger partial charge in [0.2, 0.25) is 10.0 Å². The molecule has 2 N–H and O–H groups in total. The largest absolute Gasteiger partial charge is 0.478 e. The minimum Gasteiger partial charge on any atom is -0.478 e. The highest BCUT2D eigenvalue weighted by atomic mass is 79.9. The number of aromatic carboxylic acids is 1. The summed E-state index contributed by atoms with van der Waals surface area (Å²) in [6.45, 7) is 1.98. The summed E-state index contributed by atoms with van der Waals surface area (Å²) in [5.41, 5.74) is -0.0591. The van der Waals surface area contributed by atoms with Crippen LogP contribution in [0, 0.1) is 0 Å². The van der Waals surface area contributed by atoms with Crippen molar-refractivity contribution in [2.45, 2.75) is 4.90 Å². The fraction of sp³-hybridized carbons (Fsp3) is 0.364. The number of piperazine rings is 1. The molecule has 1 aromatic carbocycles. The third kappa shape index (κ3) is 2.97. The first kappa shape index (κ1) is 14.4. The average Bonchev–Trinajstić information content (AvgIpc) is 2.39. The van der Waals surface area contributed by atoms with E-state index in [2.05, 4.69) is 21.2 Å². The van der Waals surface area contributed by atoms with E-state index in [1.54, 1.807) is 0 Å². The molecule has 8 heteroatoms. The molecule has 104 valence electrons. The topological polar surface area (TPSA) is 86.7 Å². The third-order valence-corrected chi connectivity index (χ3v) is 5.47. The number of nitrogens with one attached hydrogen (secondary N) is 1. The zero-order chi connectivity index (χ0) is 14.0. The van der Waals surface area contributed by atoms with Gasteiger partial charge in [0.25, 0.3) is 0 Å². The van der Waals surface area contributed by atoms with Crippen LogP contribution < -0.4 is 5.32 Å². The van der Waals surface area contributed by atoms with Gasteiger partial charge in [0.05, 0.1) is 10.5 Å². The Hall–Kier alpha value is -0.960. The summed E-state index contributed by atoms with van der Waals surface area (Å²) >= 11 is 3.09. The van der Waals surface area contributed by atoms with E-state index in [4.69, 9.17) is 5.11 Å². The number of rotatable bonds is 3. The maximum Gasteiger partial charge on any atom is 0.336 e. The number of halogens is 1. The lowest BCUT2D eigenvalue weighted by Gasteiger charge is -2.26. The SMILES string of the molecule is O=C(O)c1cc(S(=O)(=O)N2CCNCC2)ccc1Br. The van der Waals surface area contributed by atoms with Crippen LogP contribution in [0.25, 0.3) is 0 Å². The molecule has 0 aromatic heterocycles. The lowest BCUT2D eigenvalue weighted by molar-refractivity contribution is 0.0695. The van der Waals surface area contributed by atoms with Gasteiger partial charge in [-0.2, -0.15) is 4.31 Å². The number of carboxylic acids is 1. The summed E-state index contributed by atoms with van der Waals surface area (Å²) in [6.07, 6.45) is 0. The smallest absolute Gasteiger partial charge is 0.336 e. The van der Waals surface area contributed by atoms with Crippen molar-refractivity contribution in [2.75, 3.05) is 26.2 Å². The van der Waals surface area contributed by atoms with E-state index in [9.17, 15) is 13.2 Å². The number of nitrogens with zero attached hydrogens (tertiary/aromatic N) is 1. The molecule has 0 saturated carbocycles.